The number of nitrogens with one attached hydrogen (secondary N) is 1. The number of amides is 2. The quantitative estimate of drug-likeness (QED) is 0.890. The molecule has 2 rings (SSSR count). The fraction of sp³-hybridized carbons (Fsp3) is 0.769. The molecule has 0 aliphatic carbocycles. The van der Waals surface area contributed by atoms with Gasteiger partial charge in [0.1, 0.15) is 12.7 Å². The molecule has 1 saturated heterocycles. The molecule has 1 fully saturated rings. The lowest BCUT2D eigenvalue weighted by Crippen LogP contribution is -2.58. The molecule has 7 nitrogen and oxygen atoms in total. The smallest absolute Gasteiger partial charge is 0.334 e. The molecule has 2 atom stereocenters. The second-order valence-electron chi connectivity index (χ2n) is 5.85. The molecule has 1 aromatic rings. The lowest BCUT2D eigenvalue weighted by molar-refractivity contribution is -0.153. The largest absolute Gasteiger partial charge is 0.401 e. The fourth-order valence-electron chi connectivity index (χ4n) is 2.60. The minimum absolute atomic E-state index is 0.160. The molecule has 0 saturated carbocycles. The molecule has 0 radical (unpaired) electrons. The first kappa shape index (κ1) is 17.5. The van der Waals surface area contributed by atoms with E-state index in [1.165, 1.54) is 11.2 Å². The van der Waals surface area contributed by atoms with Crippen molar-refractivity contribution in [3.05, 3.63) is 12.7 Å². The van der Waals surface area contributed by atoms with Crippen LogP contribution in [-0.2, 0) is 6.54 Å². The number of hydrogen-bond acceptors (Lipinski definition) is 4. The first-order valence-electron chi connectivity index (χ1n) is 7.43. The van der Waals surface area contributed by atoms with E-state index in [0.717, 1.165) is 0 Å². The number of halogens is 3. The Bertz CT molecular complexity index is 506. The number of aromatic nitrogens is 3. The predicted molar refractivity (Wildman–Crippen MR) is 76.7 cm³/mol. The van der Waals surface area contributed by atoms with Gasteiger partial charge in [-0.25, -0.2) is 9.78 Å². The lowest BCUT2D eigenvalue weighted by atomic mass is 10.2. The molecule has 1 aliphatic rings. The van der Waals surface area contributed by atoms with Crippen LogP contribution in [0, 0.1) is 0 Å². The summed E-state index contributed by atoms with van der Waals surface area (Å²) < 4.78 is 39.0. The van der Waals surface area contributed by atoms with Gasteiger partial charge in [-0.2, -0.15) is 18.3 Å². The summed E-state index contributed by atoms with van der Waals surface area (Å²) in [6.07, 6.45) is -1.25. The number of carbonyl (C=O) groups excluding carboxylic acids is 1. The minimum atomic E-state index is -4.22. The average molecular weight is 334 g/mol. The van der Waals surface area contributed by atoms with Crippen molar-refractivity contribution in [3.8, 4) is 0 Å². The molecule has 0 bridgehead atoms. The van der Waals surface area contributed by atoms with Crippen LogP contribution in [-0.4, -0.2) is 75.0 Å². The first-order valence-corrected chi connectivity index (χ1v) is 7.43. The van der Waals surface area contributed by atoms with Gasteiger partial charge in [0.05, 0.1) is 13.1 Å². The van der Waals surface area contributed by atoms with Gasteiger partial charge in [0.2, 0.25) is 0 Å². The molecule has 1 N–H and O–H groups in total. The molecule has 1 aromatic heterocycles. The number of hydrogen-bond donors (Lipinski definition) is 1. The molecule has 23 heavy (non-hydrogen) atoms. The molecular weight excluding hydrogens is 313 g/mol. The highest BCUT2D eigenvalue weighted by Gasteiger charge is 2.36. The third-order valence-electron chi connectivity index (χ3n) is 3.73. The van der Waals surface area contributed by atoms with Gasteiger partial charge in [0, 0.05) is 31.7 Å². The number of rotatable bonds is 4. The predicted octanol–water partition coefficient (Wildman–Crippen LogP) is 0.945. The number of urea groups is 1. The van der Waals surface area contributed by atoms with Crippen LogP contribution in [0.15, 0.2) is 12.7 Å². The first-order chi connectivity index (χ1) is 10.7. The molecule has 0 spiro atoms. The van der Waals surface area contributed by atoms with Gasteiger partial charge in [-0.15, -0.1) is 0 Å². The maximum absolute atomic E-state index is 12.5. The molecule has 2 amide bonds. The van der Waals surface area contributed by atoms with Gasteiger partial charge >= 0.3 is 12.2 Å². The van der Waals surface area contributed by atoms with Crippen molar-refractivity contribution in [1.82, 2.24) is 29.9 Å². The highest BCUT2D eigenvalue weighted by molar-refractivity contribution is 5.74. The number of nitrogens with zero attached hydrogens (tertiary/aromatic N) is 5. The van der Waals surface area contributed by atoms with Gasteiger partial charge < -0.3 is 10.2 Å². The Kier molecular flexibility index (Phi) is 5.45. The van der Waals surface area contributed by atoms with Gasteiger partial charge in [-0.05, 0) is 13.8 Å². The van der Waals surface area contributed by atoms with Crippen LogP contribution in [0.25, 0.3) is 0 Å². The van der Waals surface area contributed by atoms with E-state index >= 15 is 0 Å². The van der Waals surface area contributed by atoms with E-state index < -0.39 is 12.7 Å². The van der Waals surface area contributed by atoms with Crippen molar-refractivity contribution in [1.29, 1.82) is 0 Å². The van der Waals surface area contributed by atoms with E-state index in [9.17, 15) is 18.0 Å². The third kappa shape index (κ3) is 5.38. The van der Waals surface area contributed by atoms with Crippen LogP contribution in [0.2, 0.25) is 0 Å². The van der Waals surface area contributed by atoms with Crippen LogP contribution in [0.4, 0.5) is 18.0 Å². The van der Waals surface area contributed by atoms with Gasteiger partial charge in [0.25, 0.3) is 0 Å². The Morgan fingerprint density at radius 2 is 2.17 bits per heavy atom. The van der Waals surface area contributed by atoms with Crippen LogP contribution in [0.5, 0.6) is 0 Å². The van der Waals surface area contributed by atoms with Crippen LogP contribution in [0.3, 0.4) is 0 Å². The Morgan fingerprint density at radius 3 is 2.74 bits per heavy atom. The van der Waals surface area contributed by atoms with Crippen molar-refractivity contribution in [2.45, 2.75) is 38.7 Å². The minimum Gasteiger partial charge on any atom is -0.334 e. The Balaban J connectivity index is 1.80. The topological polar surface area (TPSA) is 66.3 Å². The summed E-state index contributed by atoms with van der Waals surface area (Å²) in [6, 6.07) is -0.759. The number of carbonyl (C=O) groups is 1. The Labute approximate surface area is 132 Å². The zero-order valence-corrected chi connectivity index (χ0v) is 13.1. The molecule has 2 heterocycles. The highest BCUT2D eigenvalue weighted by atomic mass is 19.4. The SMILES string of the molecule is C[C@@H]1CN(C(=O)N[C@@H](C)Cn2cncn2)CCN1CC(F)(F)F. The molecular formula is C13H21F3N6O. The monoisotopic (exact) mass is 334 g/mol. The fourth-order valence-corrected chi connectivity index (χ4v) is 2.60. The average Bonchev–Trinajstić information content (AvgIpc) is 2.92. The van der Waals surface area contributed by atoms with E-state index in [2.05, 4.69) is 15.4 Å². The van der Waals surface area contributed by atoms with Crippen LogP contribution >= 0.6 is 0 Å². The van der Waals surface area contributed by atoms with E-state index in [1.807, 2.05) is 6.92 Å². The van der Waals surface area contributed by atoms with E-state index in [4.69, 9.17) is 0 Å². The summed E-state index contributed by atoms with van der Waals surface area (Å²) in [5, 5.41) is 6.79. The summed E-state index contributed by atoms with van der Waals surface area (Å²) in [5.41, 5.74) is 0. The highest BCUT2D eigenvalue weighted by Crippen LogP contribution is 2.20. The summed E-state index contributed by atoms with van der Waals surface area (Å²) >= 11 is 0. The van der Waals surface area contributed by atoms with Crippen LogP contribution in [0.1, 0.15) is 13.8 Å². The molecule has 130 valence electrons. The summed E-state index contributed by atoms with van der Waals surface area (Å²) in [4.78, 5) is 18.9. The van der Waals surface area contributed by atoms with Crippen molar-refractivity contribution in [2.75, 3.05) is 26.2 Å². The molecule has 0 unspecified atom stereocenters. The standard InChI is InChI=1S/C13H21F3N6O/c1-10(5-22-9-17-8-18-22)19-12(23)20-3-4-21(11(2)6-20)7-13(14,15)16/h8-11H,3-7H2,1-2H3,(H,19,23)/t10-,11+/m0/s1. The zero-order chi connectivity index (χ0) is 17.0. The van der Waals surface area contributed by atoms with Crippen molar-refractivity contribution < 1.29 is 18.0 Å². The van der Waals surface area contributed by atoms with Gasteiger partial charge in [-0.1, -0.05) is 0 Å². The van der Waals surface area contributed by atoms with Gasteiger partial charge in [0.15, 0.2) is 0 Å². The van der Waals surface area contributed by atoms with E-state index in [1.54, 1.807) is 22.8 Å². The number of alkyl halides is 3. The number of piperazine rings is 1. The van der Waals surface area contributed by atoms with E-state index in [0.29, 0.717) is 6.54 Å². The van der Waals surface area contributed by atoms with Gasteiger partial charge in [-0.3, -0.25) is 9.58 Å². The third-order valence-corrected chi connectivity index (χ3v) is 3.73. The summed E-state index contributed by atoms with van der Waals surface area (Å²) in [7, 11) is 0. The maximum atomic E-state index is 12.5. The molecule has 0 aromatic carbocycles. The Hall–Kier alpha value is -1.84. The lowest BCUT2D eigenvalue weighted by Gasteiger charge is -2.40. The summed E-state index contributed by atoms with van der Waals surface area (Å²) in [6.45, 7) is 3.85. The Morgan fingerprint density at radius 1 is 1.43 bits per heavy atom. The normalized spacial score (nSPS) is 21.3. The summed E-state index contributed by atoms with van der Waals surface area (Å²) in [5.74, 6) is 0. The second-order valence-corrected chi connectivity index (χ2v) is 5.85. The van der Waals surface area contributed by atoms with Crippen molar-refractivity contribution in [3.63, 3.8) is 0 Å². The zero-order valence-electron chi connectivity index (χ0n) is 13.1. The van der Waals surface area contributed by atoms with Crippen molar-refractivity contribution >= 4 is 6.03 Å². The van der Waals surface area contributed by atoms with E-state index in [-0.39, 0.29) is 37.7 Å². The second kappa shape index (κ2) is 7.16. The van der Waals surface area contributed by atoms with Crippen molar-refractivity contribution in [2.24, 2.45) is 0 Å². The molecule has 1 aliphatic heterocycles. The van der Waals surface area contributed by atoms with Crippen LogP contribution < -0.4 is 5.32 Å². The maximum Gasteiger partial charge on any atom is 0.401 e. The molecule has 10 heteroatoms.